The van der Waals surface area contributed by atoms with E-state index in [4.69, 9.17) is 0 Å². The monoisotopic (exact) mass is 654 g/mol. The summed E-state index contributed by atoms with van der Waals surface area (Å²) in [7, 11) is -6.43. The molecule has 0 saturated carbocycles. The van der Waals surface area contributed by atoms with Crippen LogP contribution in [-0.4, -0.2) is 0 Å². The minimum absolute atomic E-state index is 0.807. The highest BCUT2D eigenvalue weighted by atomic mass is 31.2. The Morgan fingerprint density at radius 1 is 0.250 bits per heavy atom. The minimum atomic E-state index is -3.22. The number of hydrogen-bond donors (Lipinski definition) is 0. The van der Waals surface area contributed by atoms with Crippen molar-refractivity contribution in [3.63, 3.8) is 0 Å². The Kier molecular flexibility index (Phi) is 7.78. The van der Waals surface area contributed by atoms with Crippen LogP contribution >= 0.6 is 14.3 Å². The van der Waals surface area contributed by atoms with Gasteiger partial charge >= 0.3 is 0 Å². The lowest BCUT2D eigenvalue weighted by Gasteiger charge is -2.24. The third-order valence-corrected chi connectivity index (χ3v) is 15.5. The van der Waals surface area contributed by atoms with Gasteiger partial charge in [0, 0.05) is 31.8 Å². The SMILES string of the molecule is O=P(c1ccccc1)(c1ccccc1)c1ccc(-c2ccc(P(=O)(c3ccccc3)c3ccccc3)c3ccccc23)c2ccccc12. The van der Waals surface area contributed by atoms with Crippen LogP contribution in [0.25, 0.3) is 32.7 Å². The Balaban J connectivity index is 1.38. The average molecular weight is 655 g/mol. The van der Waals surface area contributed by atoms with Crippen molar-refractivity contribution < 1.29 is 9.13 Å². The molecule has 0 amide bonds. The predicted octanol–water partition coefficient (Wildman–Crippen LogP) is 8.94. The topological polar surface area (TPSA) is 34.1 Å². The molecule has 48 heavy (non-hydrogen) atoms. The third-order valence-electron chi connectivity index (χ3n) is 9.25. The third kappa shape index (κ3) is 4.89. The zero-order valence-electron chi connectivity index (χ0n) is 26.2. The summed E-state index contributed by atoms with van der Waals surface area (Å²) in [5.41, 5.74) is 2.08. The molecule has 0 aromatic heterocycles. The van der Waals surface area contributed by atoms with Crippen LogP contribution in [0.3, 0.4) is 0 Å². The Bertz CT molecular complexity index is 2230. The second-order valence-corrected chi connectivity index (χ2v) is 17.4. The summed E-state index contributed by atoms with van der Waals surface area (Å²) < 4.78 is 31.0. The number of fused-ring (bicyclic) bond motifs is 2. The lowest BCUT2D eigenvalue weighted by atomic mass is 9.94. The van der Waals surface area contributed by atoms with Gasteiger partial charge in [-0.3, -0.25) is 0 Å². The van der Waals surface area contributed by atoms with E-state index in [1.165, 1.54) is 0 Å². The highest BCUT2D eigenvalue weighted by Gasteiger charge is 2.33. The average Bonchev–Trinajstić information content (AvgIpc) is 3.18. The molecule has 8 rings (SSSR count). The zero-order valence-corrected chi connectivity index (χ0v) is 28.0. The van der Waals surface area contributed by atoms with Crippen LogP contribution in [0.15, 0.2) is 194 Å². The fourth-order valence-corrected chi connectivity index (χ4v) is 12.7. The molecule has 4 heteroatoms. The number of rotatable bonds is 7. The molecule has 2 nitrogen and oxygen atoms in total. The molecule has 0 bridgehead atoms. The van der Waals surface area contributed by atoms with Gasteiger partial charge in [-0.25, -0.2) is 0 Å². The van der Waals surface area contributed by atoms with E-state index in [1.54, 1.807) is 0 Å². The maximum absolute atomic E-state index is 15.5. The Morgan fingerprint density at radius 3 is 0.792 bits per heavy atom. The molecule has 0 heterocycles. The van der Waals surface area contributed by atoms with Crippen LogP contribution in [-0.2, 0) is 9.13 Å². The van der Waals surface area contributed by atoms with E-state index in [0.29, 0.717) is 0 Å². The summed E-state index contributed by atoms with van der Waals surface area (Å²) in [6.07, 6.45) is 0. The summed E-state index contributed by atoms with van der Waals surface area (Å²) in [6.45, 7) is 0. The van der Waals surface area contributed by atoms with Crippen LogP contribution in [0.4, 0.5) is 0 Å². The van der Waals surface area contributed by atoms with Crippen LogP contribution in [0, 0.1) is 0 Å². The summed E-state index contributed by atoms with van der Waals surface area (Å²) in [5.74, 6) is 0. The zero-order chi connectivity index (χ0) is 32.6. The fraction of sp³-hybridized carbons (Fsp3) is 0. The standard InChI is InChI=1S/C44H32O2P2/c45-47(33-17-5-1-6-18-33,34-19-7-2-8-20-34)43-31-29-39(37-25-13-15-27-41(37)43)40-30-32-44(42-28-16-14-26-38(40)42)48(46,35-21-9-3-10-22-35)36-23-11-4-12-24-36/h1-32H. The fourth-order valence-electron chi connectivity index (χ4n) is 6.99. The van der Waals surface area contributed by atoms with E-state index in [-0.39, 0.29) is 0 Å². The Hall–Kier alpha value is -5.26. The first-order chi connectivity index (χ1) is 23.6. The number of benzene rings is 8. The molecule has 0 spiro atoms. The lowest BCUT2D eigenvalue weighted by molar-refractivity contribution is 0.592. The van der Waals surface area contributed by atoms with Gasteiger partial charge in [0.15, 0.2) is 14.3 Å². The molecule has 0 aliphatic heterocycles. The van der Waals surface area contributed by atoms with Gasteiger partial charge in [0.25, 0.3) is 0 Å². The molecule has 0 atom stereocenters. The van der Waals surface area contributed by atoms with Crippen molar-refractivity contribution in [3.05, 3.63) is 194 Å². The van der Waals surface area contributed by atoms with Crippen LogP contribution < -0.4 is 31.8 Å². The normalized spacial score (nSPS) is 11.9. The van der Waals surface area contributed by atoms with Crippen molar-refractivity contribution in [1.82, 2.24) is 0 Å². The van der Waals surface area contributed by atoms with Gasteiger partial charge in [0.2, 0.25) is 0 Å². The maximum Gasteiger partial charge on any atom is 0.171 e. The van der Waals surface area contributed by atoms with Gasteiger partial charge in [0.1, 0.15) is 0 Å². The summed E-state index contributed by atoms with van der Waals surface area (Å²) in [6, 6.07) is 64.2. The van der Waals surface area contributed by atoms with Gasteiger partial charge < -0.3 is 9.13 Å². The molecule has 0 fully saturated rings. The summed E-state index contributed by atoms with van der Waals surface area (Å²) in [5, 5.41) is 8.82. The van der Waals surface area contributed by atoms with Crippen LogP contribution in [0.5, 0.6) is 0 Å². The van der Waals surface area contributed by atoms with E-state index < -0.39 is 14.3 Å². The molecular formula is C44H32O2P2. The molecule has 0 unspecified atom stereocenters. The smallest absolute Gasteiger partial charge is 0.171 e. The quantitative estimate of drug-likeness (QED) is 0.161. The van der Waals surface area contributed by atoms with Crippen molar-refractivity contribution >= 4 is 67.7 Å². The van der Waals surface area contributed by atoms with Gasteiger partial charge in [0.05, 0.1) is 0 Å². The first-order valence-electron chi connectivity index (χ1n) is 16.1. The molecule has 0 aliphatic rings. The summed E-state index contributed by atoms with van der Waals surface area (Å²) >= 11 is 0. The van der Waals surface area contributed by atoms with E-state index in [9.17, 15) is 0 Å². The highest BCUT2D eigenvalue weighted by Crippen LogP contribution is 2.48. The molecule has 0 saturated heterocycles. The van der Waals surface area contributed by atoms with Crippen molar-refractivity contribution in [2.24, 2.45) is 0 Å². The van der Waals surface area contributed by atoms with E-state index >= 15 is 9.13 Å². The van der Waals surface area contributed by atoms with Crippen molar-refractivity contribution in [2.75, 3.05) is 0 Å². The number of hydrogen-bond acceptors (Lipinski definition) is 2. The maximum atomic E-state index is 15.5. The van der Waals surface area contributed by atoms with Gasteiger partial charge in [-0.15, -0.1) is 0 Å². The lowest BCUT2D eigenvalue weighted by Crippen LogP contribution is -2.26. The largest absolute Gasteiger partial charge is 0.309 e. The summed E-state index contributed by atoms with van der Waals surface area (Å²) in [4.78, 5) is 0. The van der Waals surface area contributed by atoms with Crippen molar-refractivity contribution in [2.45, 2.75) is 0 Å². The van der Waals surface area contributed by atoms with Crippen LogP contribution in [0.2, 0.25) is 0 Å². The second-order valence-electron chi connectivity index (χ2n) is 11.9. The van der Waals surface area contributed by atoms with E-state index in [1.807, 2.05) is 146 Å². The molecule has 0 N–H and O–H groups in total. The van der Waals surface area contributed by atoms with Crippen molar-refractivity contribution in [3.8, 4) is 11.1 Å². The molecule has 230 valence electrons. The van der Waals surface area contributed by atoms with Crippen molar-refractivity contribution in [1.29, 1.82) is 0 Å². The second kappa shape index (κ2) is 12.4. The first-order valence-corrected chi connectivity index (χ1v) is 19.5. The van der Waals surface area contributed by atoms with E-state index in [2.05, 4.69) is 48.5 Å². The molecule has 8 aromatic carbocycles. The van der Waals surface area contributed by atoms with Gasteiger partial charge in [-0.05, 0) is 44.8 Å². The molecule has 0 radical (unpaired) electrons. The minimum Gasteiger partial charge on any atom is -0.309 e. The Labute approximate surface area is 281 Å². The molecule has 8 aromatic rings. The van der Waals surface area contributed by atoms with E-state index in [0.717, 1.165) is 64.5 Å². The van der Waals surface area contributed by atoms with Gasteiger partial charge in [-0.1, -0.05) is 182 Å². The van der Waals surface area contributed by atoms with Crippen LogP contribution in [0.1, 0.15) is 0 Å². The highest BCUT2D eigenvalue weighted by molar-refractivity contribution is 7.86. The molecule has 0 aliphatic carbocycles. The Morgan fingerprint density at radius 2 is 0.500 bits per heavy atom. The first kappa shape index (κ1) is 30.1. The molecular weight excluding hydrogens is 622 g/mol. The predicted molar refractivity (Wildman–Crippen MR) is 206 cm³/mol. The van der Waals surface area contributed by atoms with Gasteiger partial charge in [-0.2, -0.15) is 0 Å².